The summed E-state index contributed by atoms with van der Waals surface area (Å²) in [6.07, 6.45) is 9.98. The van der Waals surface area contributed by atoms with Gasteiger partial charge in [-0.2, -0.15) is 0 Å². The summed E-state index contributed by atoms with van der Waals surface area (Å²) in [5.41, 5.74) is 2.47. The number of hydrogen-bond donors (Lipinski definition) is 1. The lowest BCUT2D eigenvalue weighted by Crippen LogP contribution is -2.31. The number of hydrogen-bond acceptors (Lipinski definition) is 7. The van der Waals surface area contributed by atoms with Gasteiger partial charge in [0.15, 0.2) is 0 Å². The van der Waals surface area contributed by atoms with E-state index in [0.717, 1.165) is 24.1 Å². The summed E-state index contributed by atoms with van der Waals surface area (Å²) in [5, 5.41) is 3.10. The lowest BCUT2D eigenvalue weighted by Gasteiger charge is -2.24. The molecule has 2 aromatic heterocycles. The van der Waals surface area contributed by atoms with Crippen LogP contribution in [0, 0.1) is 0 Å². The second kappa shape index (κ2) is 8.74. The predicted octanol–water partition coefficient (Wildman–Crippen LogP) is 3.13. The quantitative estimate of drug-likeness (QED) is 0.691. The Hall–Kier alpha value is -3.39. The van der Waals surface area contributed by atoms with Crippen LogP contribution in [0.25, 0.3) is 0 Å². The Balaban J connectivity index is 1.52. The molecule has 0 bridgehead atoms. The van der Waals surface area contributed by atoms with Crippen molar-refractivity contribution in [3.63, 3.8) is 0 Å². The molecule has 1 saturated heterocycles. The molecule has 1 aliphatic rings. The molecule has 29 heavy (non-hydrogen) atoms. The molecule has 4 rings (SSSR count). The molecule has 8 heteroatoms. The molecule has 3 aromatic rings. The van der Waals surface area contributed by atoms with E-state index in [0.29, 0.717) is 30.4 Å². The average molecular weight is 390 g/mol. The summed E-state index contributed by atoms with van der Waals surface area (Å²) in [6, 6.07) is 7.45. The smallest absolute Gasteiger partial charge is 0.254 e. The minimum atomic E-state index is -0.0998. The van der Waals surface area contributed by atoms with Gasteiger partial charge in [0.25, 0.3) is 5.91 Å². The molecule has 1 aromatic carbocycles. The molecule has 0 radical (unpaired) electrons. The van der Waals surface area contributed by atoms with Gasteiger partial charge in [0.1, 0.15) is 11.6 Å². The molecule has 1 N–H and O–H groups in total. The van der Waals surface area contributed by atoms with Gasteiger partial charge in [0.05, 0.1) is 36.9 Å². The SMILES string of the molecule is COCc1ccc(C(=O)N2CCC[C@@H]2c2cncc(Nc3cnccn3)n2)cc1. The van der Waals surface area contributed by atoms with Gasteiger partial charge in [0.2, 0.25) is 0 Å². The van der Waals surface area contributed by atoms with Gasteiger partial charge in [0, 0.05) is 31.6 Å². The molecule has 0 aliphatic carbocycles. The normalized spacial score (nSPS) is 16.0. The minimum Gasteiger partial charge on any atom is -0.380 e. The van der Waals surface area contributed by atoms with E-state index >= 15 is 0 Å². The minimum absolute atomic E-state index is 0.00514. The first kappa shape index (κ1) is 18.9. The Morgan fingerprint density at radius 1 is 1.14 bits per heavy atom. The summed E-state index contributed by atoms with van der Waals surface area (Å²) in [6.45, 7) is 1.23. The Labute approximate surface area is 169 Å². The monoisotopic (exact) mass is 390 g/mol. The van der Waals surface area contributed by atoms with E-state index in [9.17, 15) is 4.79 Å². The number of methoxy groups -OCH3 is 1. The third-order valence-electron chi connectivity index (χ3n) is 4.84. The second-order valence-corrected chi connectivity index (χ2v) is 6.83. The first-order valence-electron chi connectivity index (χ1n) is 9.48. The van der Waals surface area contributed by atoms with Crippen molar-refractivity contribution in [3.05, 3.63) is 72.1 Å². The van der Waals surface area contributed by atoms with Crippen LogP contribution in [0.3, 0.4) is 0 Å². The van der Waals surface area contributed by atoms with E-state index in [1.54, 1.807) is 38.1 Å². The average Bonchev–Trinajstić information content (AvgIpc) is 3.25. The number of nitrogens with zero attached hydrogens (tertiary/aromatic N) is 5. The van der Waals surface area contributed by atoms with Crippen molar-refractivity contribution in [1.29, 1.82) is 0 Å². The van der Waals surface area contributed by atoms with E-state index in [-0.39, 0.29) is 11.9 Å². The van der Waals surface area contributed by atoms with Gasteiger partial charge < -0.3 is 15.0 Å². The number of amides is 1. The van der Waals surface area contributed by atoms with Crippen molar-refractivity contribution in [2.45, 2.75) is 25.5 Å². The van der Waals surface area contributed by atoms with E-state index < -0.39 is 0 Å². The number of benzene rings is 1. The van der Waals surface area contributed by atoms with Crippen LogP contribution in [-0.2, 0) is 11.3 Å². The highest BCUT2D eigenvalue weighted by Gasteiger charge is 2.32. The zero-order valence-electron chi connectivity index (χ0n) is 16.2. The Bertz CT molecular complexity index is 964. The van der Waals surface area contributed by atoms with E-state index in [2.05, 4.69) is 25.3 Å². The summed E-state index contributed by atoms with van der Waals surface area (Å²) in [7, 11) is 1.66. The highest BCUT2D eigenvalue weighted by atomic mass is 16.5. The summed E-state index contributed by atoms with van der Waals surface area (Å²) >= 11 is 0. The standard InChI is InChI=1S/C21H22N6O2/c1-29-14-15-4-6-16(7-5-15)21(28)27-10-2-3-18(27)17-11-23-13-20(25-17)26-19-12-22-8-9-24-19/h4-9,11-13,18H,2-3,10,14H2,1H3,(H,24,25,26)/t18-/m1/s1. The van der Waals surface area contributed by atoms with Gasteiger partial charge in [-0.25, -0.2) is 9.97 Å². The third kappa shape index (κ3) is 4.38. The highest BCUT2D eigenvalue weighted by molar-refractivity contribution is 5.94. The highest BCUT2D eigenvalue weighted by Crippen LogP contribution is 2.32. The van der Waals surface area contributed by atoms with Gasteiger partial charge in [-0.05, 0) is 30.5 Å². The third-order valence-corrected chi connectivity index (χ3v) is 4.84. The first-order valence-corrected chi connectivity index (χ1v) is 9.48. The molecule has 3 heterocycles. The van der Waals surface area contributed by atoms with Crippen molar-refractivity contribution in [2.24, 2.45) is 0 Å². The maximum atomic E-state index is 13.1. The fourth-order valence-corrected chi connectivity index (χ4v) is 3.49. The molecule has 1 atom stereocenters. The first-order chi connectivity index (χ1) is 14.2. The fraction of sp³-hybridized carbons (Fsp3) is 0.286. The zero-order valence-corrected chi connectivity index (χ0v) is 16.2. The number of rotatable bonds is 6. The van der Waals surface area contributed by atoms with Crippen LogP contribution in [0.5, 0.6) is 0 Å². The summed E-state index contributed by atoms with van der Waals surface area (Å²) in [5.74, 6) is 1.17. The lowest BCUT2D eigenvalue weighted by molar-refractivity contribution is 0.0732. The topological polar surface area (TPSA) is 93.1 Å². The van der Waals surface area contributed by atoms with Crippen molar-refractivity contribution >= 4 is 17.5 Å². The van der Waals surface area contributed by atoms with E-state index in [4.69, 9.17) is 4.74 Å². The number of carbonyl (C=O) groups is 1. The number of anilines is 2. The summed E-state index contributed by atoms with van der Waals surface area (Å²) in [4.78, 5) is 32.1. The number of ether oxygens (including phenoxy) is 1. The van der Waals surface area contributed by atoms with Gasteiger partial charge in [-0.15, -0.1) is 0 Å². The summed E-state index contributed by atoms with van der Waals surface area (Å²) < 4.78 is 5.13. The van der Waals surface area contributed by atoms with Crippen LogP contribution in [0.4, 0.5) is 11.6 Å². The zero-order chi connectivity index (χ0) is 20.1. The van der Waals surface area contributed by atoms with Gasteiger partial charge >= 0.3 is 0 Å². The molecule has 0 spiro atoms. The largest absolute Gasteiger partial charge is 0.380 e. The van der Waals surface area contributed by atoms with Crippen molar-refractivity contribution in [1.82, 2.24) is 24.8 Å². The Morgan fingerprint density at radius 3 is 2.72 bits per heavy atom. The van der Waals surface area contributed by atoms with Gasteiger partial charge in [-0.1, -0.05) is 12.1 Å². The molecular formula is C21H22N6O2. The van der Waals surface area contributed by atoms with Crippen LogP contribution in [-0.4, -0.2) is 44.4 Å². The molecule has 1 amide bonds. The van der Waals surface area contributed by atoms with Crippen molar-refractivity contribution in [3.8, 4) is 0 Å². The van der Waals surface area contributed by atoms with Crippen LogP contribution in [0.1, 0.15) is 40.5 Å². The predicted molar refractivity (Wildman–Crippen MR) is 108 cm³/mol. The number of aromatic nitrogens is 4. The molecule has 1 fully saturated rings. The van der Waals surface area contributed by atoms with Crippen molar-refractivity contribution in [2.75, 3.05) is 19.0 Å². The number of nitrogens with one attached hydrogen (secondary N) is 1. The van der Waals surface area contributed by atoms with E-state index in [1.807, 2.05) is 29.2 Å². The number of likely N-dealkylation sites (tertiary alicyclic amines) is 1. The molecule has 148 valence electrons. The molecule has 8 nitrogen and oxygen atoms in total. The second-order valence-electron chi connectivity index (χ2n) is 6.83. The number of carbonyl (C=O) groups excluding carboxylic acids is 1. The maximum absolute atomic E-state index is 13.1. The van der Waals surface area contributed by atoms with E-state index in [1.165, 1.54) is 0 Å². The fourth-order valence-electron chi connectivity index (χ4n) is 3.49. The van der Waals surface area contributed by atoms with Gasteiger partial charge in [-0.3, -0.25) is 14.8 Å². The Kier molecular flexibility index (Phi) is 5.71. The lowest BCUT2D eigenvalue weighted by atomic mass is 10.1. The molecule has 1 aliphatic heterocycles. The molecular weight excluding hydrogens is 368 g/mol. The van der Waals surface area contributed by atoms with Crippen LogP contribution in [0.2, 0.25) is 0 Å². The van der Waals surface area contributed by atoms with Crippen LogP contribution in [0.15, 0.2) is 55.2 Å². The van der Waals surface area contributed by atoms with Crippen molar-refractivity contribution < 1.29 is 9.53 Å². The molecule has 0 saturated carbocycles. The van der Waals surface area contributed by atoms with Crippen LogP contribution >= 0.6 is 0 Å². The maximum Gasteiger partial charge on any atom is 0.254 e. The molecule has 0 unspecified atom stereocenters. The Morgan fingerprint density at radius 2 is 1.97 bits per heavy atom. The van der Waals surface area contributed by atoms with Crippen LogP contribution < -0.4 is 5.32 Å².